The fraction of sp³-hybridized carbons (Fsp3) is 0.381. The molecule has 0 saturated carbocycles. The van der Waals surface area contributed by atoms with Gasteiger partial charge < -0.3 is 10.1 Å². The summed E-state index contributed by atoms with van der Waals surface area (Å²) >= 11 is 0. The molecule has 0 fully saturated rings. The van der Waals surface area contributed by atoms with Gasteiger partial charge in [-0.05, 0) is 80.0 Å². The van der Waals surface area contributed by atoms with E-state index < -0.39 is 0 Å². The largest absolute Gasteiger partial charge is 0.496 e. The summed E-state index contributed by atoms with van der Waals surface area (Å²) in [5.74, 6) is 0.750. The van der Waals surface area contributed by atoms with E-state index in [0.717, 1.165) is 17.7 Å². The molecule has 1 amide bonds. The van der Waals surface area contributed by atoms with Crippen molar-refractivity contribution >= 4 is 5.91 Å². The Labute approximate surface area is 144 Å². The van der Waals surface area contributed by atoms with E-state index in [2.05, 4.69) is 23.5 Å². The summed E-state index contributed by atoms with van der Waals surface area (Å²) in [5, 5.41) is 3.10. The lowest BCUT2D eigenvalue weighted by atomic mass is 9.89. The molecule has 0 heterocycles. The zero-order valence-electron chi connectivity index (χ0n) is 14.7. The molecule has 3 nitrogen and oxygen atoms in total. The second kappa shape index (κ2) is 7.08. The lowest BCUT2D eigenvalue weighted by Crippen LogP contribution is -2.27. The highest BCUT2D eigenvalue weighted by Crippen LogP contribution is 2.25. The van der Waals surface area contributed by atoms with Crippen molar-refractivity contribution in [1.82, 2.24) is 5.32 Å². The number of ether oxygens (including phenoxy) is 1. The van der Waals surface area contributed by atoms with Crippen molar-refractivity contribution in [2.45, 2.75) is 45.6 Å². The van der Waals surface area contributed by atoms with E-state index in [1.165, 1.54) is 36.0 Å². The Balaban J connectivity index is 1.73. The maximum absolute atomic E-state index is 12.5. The molecule has 1 atom stereocenters. The molecule has 0 radical (unpaired) electrons. The Kier molecular flexibility index (Phi) is 4.89. The third-order valence-electron chi connectivity index (χ3n) is 4.88. The van der Waals surface area contributed by atoms with Crippen LogP contribution in [0.4, 0.5) is 0 Å². The van der Waals surface area contributed by atoms with E-state index in [1.807, 2.05) is 26.0 Å². The van der Waals surface area contributed by atoms with E-state index in [4.69, 9.17) is 4.74 Å². The lowest BCUT2D eigenvalue weighted by molar-refractivity contribution is 0.0939. The van der Waals surface area contributed by atoms with Crippen LogP contribution in [0, 0.1) is 6.92 Å². The molecule has 3 rings (SSSR count). The summed E-state index contributed by atoms with van der Waals surface area (Å²) in [5.41, 5.74) is 5.72. The van der Waals surface area contributed by atoms with Crippen LogP contribution in [0.5, 0.6) is 5.75 Å². The molecule has 0 saturated heterocycles. The third kappa shape index (κ3) is 3.45. The van der Waals surface area contributed by atoms with Gasteiger partial charge in [-0.2, -0.15) is 0 Å². The second-order valence-electron chi connectivity index (χ2n) is 6.61. The molecule has 2 aromatic rings. The zero-order chi connectivity index (χ0) is 17.1. The first kappa shape index (κ1) is 16.6. The Hall–Kier alpha value is -2.29. The van der Waals surface area contributed by atoms with Crippen molar-refractivity contribution in [2.75, 3.05) is 7.11 Å². The minimum absolute atomic E-state index is 0.00728. The number of nitrogens with one attached hydrogen (secondary N) is 1. The SMILES string of the molecule is COc1ccc(C(=O)NC(C)c2ccc3c(c2)CCCC3)cc1C. The van der Waals surface area contributed by atoms with Gasteiger partial charge in [0.15, 0.2) is 0 Å². The number of carbonyl (C=O) groups is 1. The quantitative estimate of drug-likeness (QED) is 0.907. The fourth-order valence-electron chi connectivity index (χ4n) is 3.41. The van der Waals surface area contributed by atoms with Gasteiger partial charge >= 0.3 is 0 Å². The van der Waals surface area contributed by atoms with E-state index in [-0.39, 0.29) is 11.9 Å². The van der Waals surface area contributed by atoms with Crippen LogP contribution in [-0.2, 0) is 12.8 Å². The summed E-state index contributed by atoms with van der Waals surface area (Å²) in [4.78, 5) is 12.5. The number of amides is 1. The number of aryl methyl sites for hydroxylation is 3. The van der Waals surface area contributed by atoms with Crippen LogP contribution in [0.2, 0.25) is 0 Å². The Morgan fingerprint density at radius 1 is 1.08 bits per heavy atom. The molecule has 1 unspecified atom stereocenters. The van der Waals surface area contributed by atoms with Crippen molar-refractivity contribution in [1.29, 1.82) is 0 Å². The minimum atomic E-state index is -0.0500. The van der Waals surface area contributed by atoms with Crippen molar-refractivity contribution in [2.24, 2.45) is 0 Å². The van der Waals surface area contributed by atoms with Crippen LogP contribution < -0.4 is 10.1 Å². The van der Waals surface area contributed by atoms with Crippen LogP contribution >= 0.6 is 0 Å². The van der Waals surface area contributed by atoms with Crippen LogP contribution in [0.25, 0.3) is 0 Å². The van der Waals surface area contributed by atoms with Gasteiger partial charge in [-0.3, -0.25) is 4.79 Å². The molecule has 1 aliphatic rings. The van der Waals surface area contributed by atoms with Crippen LogP contribution in [0.3, 0.4) is 0 Å². The van der Waals surface area contributed by atoms with Crippen LogP contribution in [-0.4, -0.2) is 13.0 Å². The molecule has 126 valence electrons. The van der Waals surface area contributed by atoms with Gasteiger partial charge in [0.25, 0.3) is 5.91 Å². The van der Waals surface area contributed by atoms with Crippen LogP contribution in [0.15, 0.2) is 36.4 Å². The summed E-state index contributed by atoms with van der Waals surface area (Å²) in [6.45, 7) is 3.99. The highest BCUT2D eigenvalue weighted by Gasteiger charge is 2.15. The van der Waals surface area contributed by atoms with E-state index in [1.54, 1.807) is 13.2 Å². The standard InChI is InChI=1S/C21H25NO2/c1-14-12-19(10-11-20(14)24-3)21(23)22-15(2)17-9-8-16-6-4-5-7-18(16)13-17/h8-13,15H,4-7H2,1-3H3,(H,22,23). The number of fused-ring (bicyclic) bond motifs is 1. The summed E-state index contributed by atoms with van der Waals surface area (Å²) in [7, 11) is 1.64. The maximum Gasteiger partial charge on any atom is 0.251 e. The van der Waals surface area contributed by atoms with Gasteiger partial charge in [0.05, 0.1) is 13.2 Å². The normalized spacial score (nSPS) is 14.6. The highest BCUT2D eigenvalue weighted by molar-refractivity contribution is 5.94. The average molecular weight is 323 g/mol. The molecule has 0 bridgehead atoms. The predicted molar refractivity (Wildman–Crippen MR) is 96.7 cm³/mol. The molecule has 2 aromatic carbocycles. The van der Waals surface area contributed by atoms with E-state index in [0.29, 0.717) is 5.56 Å². The Morgan fingerprint density at radius 2 is 1.83 bits per heavy atom. The Bertz CT molecular complexity index is 751. The van der Waals surface area contributed by atoms with Gasteiger partial charge in [-0.15, -0.1) is 0 Å². The molecule has 0 aromatic heterocycles. The van der Waals surface area contributed by atoms with Gasteiger partial charge in [0.1, 0.15) is 5.75 Å². The molecule has 0 spiro atoms. The van der Waals surface area contributed by atoms with E-state index >= 15 is 0 Å². The fourth-order valence-corrected chi connectivity index (χ4v) is 3.41. The Morgan fingerprint density at radius 3 is 2.54 bits per heavy atom. The molecular weight excluding hydrogens is 298 g/mol. The van der Waals surface area contributed by atoms with Crippen molar-refractivity contribution in [3.8, 4) is 5.75 Å². The van der Waals surface area contributed by atoms with Crippen molar-refractivity contribution < 1.29 is 9.53 Å². The third-order valence-corrected chi connectivity index (χ3v) is 4.88. The number of hydrogen-bond donors (Lipinski definition) is 1. The average Bonchev–Trinajstić information content (AvgIpc) is 2.61. The van der Waals surface area contributed by atoms with E-state index in [9.17, 15) is 4.79 Å². The second-order valence-corrected chi connectivity index (χ2v) is 6.61. The molecule has 0 aliphatic heterocycles. The molecule has 1 aliphatic carbocycles. The first-order chi connectivity index (χ1) is 11.6. The van der Waals surface area contributed by atoms with Crippen LogP contribution in [0.1, 0.15) is 58.4 Å². The number of rotatable bonds is 4. The first-order valence-corrected chi connectivity index (χ1v) is 8.65. The topological polar surface area (TPSA) is 38.3 Å². The van der Waals surface area contributed by atoms with Crippen molar-refractivity contribution in [3.63, 3.8) is 0 Å². The summed E-state index contributed by atoms with van der Waals surface area (Å²) < 4.78 is 5.25. The zero-order valence-corrected chi connectivity index (χ0v) is 14.7. The van der Waals surface area contributed by atoms with Crippen molar-refractivity contribution in [3.05, 3.63) is 64.2 Å². The number of benzene rings is 2. The molecular formula is C21H25NO2. The number of hydrogen-bond acceptors (Lipinski definition) is 2. The van der Waals surface area contributed by atoms with Gasteiger partial charge in [0, 0.05) is 5.56 Å². The number of carbonyl (C=O) groups excluding carboxylic acids is 1. The molecule has 1 N–H and O–H groups in total. The first-order valence-electron chi connectivity index (χ1n) is 8.65. The maximum atomic E-state index is 12.5. The van der Waals surface area contributed by atoms with Gasteiger partial charge in [0.2, 0.25) is 0 Å². The smallest absolute Gasteiger partial charge is 0.251 e. The lowest BCUT2D eigenvalue weighted by Gasteiger charge is -2.20. The molecule has 3 heteroatoms. The van der Waals surface area contributed by atoms with Gasteiger partial charge in [-0.25, -0.2) is 0 Å². The summed E-state index contributed by atoms with van der Waals surface area (Å²) in [6, 6.07) is 12.1. The van der Waals surface area contributed by atoms with Gasteiger partial charge in [-0.1, -0.05) is 18.2 Å². The predicted octanol–water partition coefficient (Wildman–Crippen LogP) is 4.37. The minimum Gasteiger partial charge on any atom is -0.496 e. The highest BCUT2D eigenvalue weighted by atomic mass is 16.5. The molecule has 24 heavy (non-hydrogen) atoms. The number of methoxy groups -OCH3 is 1. The summed E-state index contributed by atoms with van der Waals surface area (Å²) in [6.07, 6.45) is 4.89. The monoisotopic (exact) mass is 323 g/mol.